The van der Waals surface area contributed by atoms with Gasteiger partial charge in [0.1, 0.15) is 6.61 Å². The van der Waals surface area contributed by atoms with Gasteiger partial charge in [-0.05, 0) is 29.7 Å². The molecule has 0 bridgehead atoms. The lowest BCUT2D eigenvalue weighted by molar-refractivity contribution is 0.0903. The quantitative estimate of drug-likeness (QED) is 0.698. The maximum Gasteiger partial charge on any atom is 0.188 e. The van der Waals surface area contributed by atoms with Gasteiger partial charge in [-0.3, -0.25) is 9.59 Å². The Morgan fingerprint density at radius 1 is 1.04 bits per heavy atom. The Morgan fingerprint density at radius 2 is 1.80 bits per heavy atom. The zero-order valence-corrected chi connectivity index (χ0v) is 14.4. The number of aromatic nitrogens is 1. The molecule has 0 radical (unpaired) electrons. The minimum atomic E-state index is -0.507. The number of nitrogens with zero attached hydrogens (tertiary/aromatic N) is 1. The van der Waals surface area contributed by atoms with Crippen molar-refractivity contribution in [2.24, 2.45) is 7.05 Å². The number of aliphatic hydroxyl groups is 1. The fraction of sp³-hybridized carbons (Fsp3) is 0.238. The van der Waals surface area contributed by atoms with Gasteiger partial charge in [0, 0.05) is 29.9 Å². The molecule has 0 fully saturated rings. The zero-order valence-electron chi connectivity index (χ0n) is 14.4. The lowest BCUT2D eigenvalue weighted by Gasteiger charge is -2.13. The standard InChI is InChI=1S/C21H21NO3/c1-14(15-7-5-8-17(11-15)21(25)13-23)10-20(24)19-12-16-6-3-4-9-18(16)22(19)2/h3-9,11-12,14,23H,10,13H2,1-2H3/t14-/m0/s1. The maximum atomic E-state index is 12.8. The first-order valence-corrected chi connectivity index (χ1v) is 8.33. The van der Waals surface area contributed by atoms with E-state index in [9.17, 15) is 9.59 Å². The second kappa shape index (κ2) is 7.03. The smallest absolute Gasteiger partial charge is 0.188 e. The summed E-state index contributed by atoms with van der Waals surface area (Å²) in [6.07, 6.45) is 0.362. The fourth-order valence-corrected chi connectivity index (χ4v) is 3.17. The van der Waals surface area contributed by atoms with Gasteiger partial charge in [0.05, 0.1) is 5.69 Å². The van der Waals surface area contributed by atoms with Crippen LogP contribution in [0.1, 0.15) is 45.7 Å². The lowest BCUT2D eigenvalue weighted by Crippen LogP contribution is -2.10. The van der Waals surface area contributed by atoms with E-state index in [0.717, 1.165) is 16.5 Å². The molecule has 0 saturated carbocycles. The van der Waals surface area contributed by atoms with E-state index in [-0.39, 0.29) is 17.5 Å². The highest BCUT2D eigenvalue weighted by atomic mass is 16.3. The van der Waals surface area contributed by atoms with Crippen LogP contribution in [0.4, 0.5) is 0 Å². The van der Waals surface area contributed by atoms with Crippen LogP contribution >= 0.6 is 0 Å². The summed E-state index contributed by atoms with van der Waals surface area (Å²) in [5.74, 6) is -0.254. The highest BCUT2D eigenvalue weighted by Gasteiger charge is 2.18. The third kappa shape index (κ3) is 3.39. The average molecular weight is 335 g/mol. The van der Waals surface area contributed by atoms with Gasteiger partial charge in [0.25, 0.3) is 0 Å². The topological polar surface area (TPSA) is 59.3 Å². The van der Waals surface area contributed by atoms with E-state index in [4.69, 9.17) is 5.11 Å². The Hall–Kier alpha value is -2.72. The van der Waals surface area contributed by atoms with E-state index in [1.165, 1.54) is 0 Å². The molecule has 1 aromatic heterocycles. The summed E-state index contributed by atoms with van der Waals surface area (Å²) in [7, 11) is 1.90. The molecule has 4 nitrogen and oxygen atoms in total. The number of carbonyl (C=O) groups excluding carboxylic acids is 2. The van der Waals surface area contributed by atoms with Crippen molar-refractivity contribution in [1.82, 2.24) is 4.57 Å². The zero-order chi connectivity index (χ0) is 18.0. The summed E-state index contributed by atoms with van der Waals surface area (Å²) in [5, 5.41) is 10.1. The Kier molecular flexibility index (Phi) is 4.81. The van der Waals surface area contributed by atoms with Gasteiger partial charge in [-0.2, -0.15) is 0 Å². The number of carbonyl (C=O) groups is 2. The first-order valence-electron chi connectivity index (χ1n) is 8.33. The largest absolute Gasteiger partial charge is 0.388 e. The molecule has 0 aliphatic carbocycles. The number of aliphatic hydroxyl groups excluding tert-OH is 1. The number of rotatable bonds is 6. The van der Waals surface area contributed by atoms with Crippen LogP contribution in [0, 0.1) is 0 Å². The van der Waals surface area contributed by atoms with Crippen molar-refractivity contribution in [2.45, 2.75) is 19.3 Å². The van der Waals surface area contributed by atoms with Crippen molar-refractivity contribution in [3.8, 4) is 0 Å². The molecular weight excluding hydrogens is 314 g/mol. The minimum Gasteiger partial charge on any atom is -0.388 e. The molecule has 128 valence electrons. The maximum absolute atomic E-state index is 12.8. The van der Waals surface area contributed by atoms with Gasteiger partial charge >= 0.3 is 0 Å². The number of hydrogen-bond donors (Lipinski definition) is 1. The number of ketones is 2. The Bertz CT molecular complexity index is 939. The molecule has 0 unspecified atom stereocenters. The van der Waals surface area contributed by atoms with Crippen LogP contribution in [0.5, 0.6) is 0 Å². The molecule has 0 aliphatic heterocycles. The molecule has 2 aromatic carbocycles. The first kappa shape index (κ1) is 17.1. The molecule has 0 amide bonds. The number of hydrogen-bond acceptors (Lipinski definition) is 3. The predicted octanol–water partition coefficient (Wildman–Crippen LogP) is 3.73. The van der Waals surface area contributed by atoms with Gasteiger partial charge in [0.2, 0.25) is 0 Å². The monoisotopic (exact) mass is 335 g/mol. The van der Waals surface area contributed by atoms with E-state index in [2.05, 4.69) is 0 Å². The molecule has 4 heteroatoms. The third-order valence-corrected chi connectivity index (χ3v) is 4.65. The molecule has 1 heterocycles. The van der Waals surface area contributed by atoms with Crippen LogP contribution in [-0.2, 0) is 7.05 Å². The molecule has 3 rings (SSSR count). The number of para-hydroxylation sites is 1. The summed E-state index contributed by atoms with van der Waals surface area (Å²) >= 11 is 0. The molecular formula is C21H21NO3. The van der Waals surface area contributed by atoms with E-state index < -0.39 is 6.61 Å². The number of Topliss-reactive ketones (excluding diaryl/α,β-unsaturated/α-hetero) is 2. The highest BCUT2D eigenvalue weighted by molar-refractivity contribution is 6.00. The normalized spacial score (nSPS) is 12.3. The van der Waals surface area contributed by atoms with Gasteiger partial charge < -0.3 is 9.67 Å². The molecule has 3 aromatic rings. The lowest BCUT2D eigenvalue weighted by atomic mass is 9.93. The third-order valence-electron chi connectivity index (χ3n) is 4.65. The fourth-order valence-electron chi connectivity index (χ4n) is 3.17. The molecule has 1 atom stereocenters. The second-order valence-electron chi connectivity index (χ2n) is 6.38. The second-order valence-corrected chi connectivity index (χ2v) is 6.38. The van der Waals surface area contributed by atoms with Gasteiger partial charge in [-0.25, -0.2) is 0 Å². The molecule has 0 spiro atoms. The number of aryl methyl sites for hydroxylation is 1. The number of benzene rings is 2. The van der Waals surface area contributed by atoms with Crippen LogP contribution < -0.4 is 0 Å². The number of fused-ring (bicyclic) bond motifs is 1. The molecule has 0 aliphatic rings. The Balaban J connectivity index is 1.82. The summed E-state index contributed by atoms with van der Waals surface area (Å²) in [6, 6.07) is 17.0. The summed E-state index contributed by atoms with van der Waals surface area (Å²) in [5.41, 5.74) is 3.13. The van der Waals surface area contributed by atoms with Crippen molar-refractivity contribution < 1.29 is 14.7 Å². The van der Waals surface area contributed by atoms with Crippen molar-refractivity contribution in [3.05, 3.63) is 71.4 Å². The van der Waals surface area contributed by atoms with Crippen molar-refractivity contribution in [3.63, 3.8) is 0 Å². The summed E-state index contributed by atoms with van der Waals surface area (Å²) in [6.45, 7) is 1.47. The Morgan fingerprint density at radius 3 is 2.52 bits per heavy atom. The van der Waals surface area contributed by atoms with Crippen LogP contribution in [-0.4, -0.2) is 27.8 Å². The van der Waals surface area contributed by atoms with Crippen LogP contribution in [0.15, 0.2) is 54.6 Å². The van der Waals surface area contributed by atoms with Crippen LogP contribution in [0.25, 0.3) is 10.9 Å². The van der Waals surface area contributed by atoms with Crippen molar-refractivity contribution in [2.75, 3.05) is 6.61 Å². The SMILES string of the molecule is C[C@@H](CC(=O)c1cc2ccccc2n1C)c1cccc(C(=O)CO)c1. The molecule has 25 heavy (non-hydrogen) atoms. The van der Waals surface area contributed by atoms with Crippen LogP contribution in [0.3, 0.4) is 0 Å². The van der Waals surface area contributed by atoms with Crippen molar-refractivity contribution >= 4 is 22.5 Å². The van der Waals surface area contributed by atoms with E-state index in [0.29, 0.717) is 17.7 Å². The summed E-state index contributed by atoms with van der Waals surface area (Å²) < 4.78 is 1.93. The van der Waals surface area contributed by atoms with E-state index in [1.54, 1.807) is 18.2 Å². The Labute approximate surface area is 146 Å². The summed E-state index contributed by atoms with van der Waals surface area (Å²) in [4.78, 5) is 24.4. The molecule has 0 saturated heterocycles. The van der Waals surface area contributed by atoms with Gasteiger partial charge in [-0.1, -0.05) is 43.3 Å². The van der Waals surface area contributed by atoms with E-state index in [1.807, 2.05) is 54.9 Å². The van der Waals surface area contributed by atoms with Gasteiger partial charge in [-0.15, -0.1) is 0 Å². The van der Waals surface area contributed by atoms with Crippen molar-refractivity contribution in [1.29, 1.82) is 0 Å². The highest BCUT2D eigenvalue weighted by Crippen LogP contribution is 2.25. The van der Waals surface area contributed by atoms with E-state index >= 15 is 0 Å². The molecule has 1 N–H and O–H groups in total. The predicted molar refractivity (Wildman–Crippen MR) is 98.1 cm³/mol. The first-order chi connectivity index (χ1) is 12.0. The van der Waals surface area contributed by atoms with Gasteiger partial charge in [0.15, 0.2) is 11.6 Å². The van der Waals surface area contributed by atoms with Crippen LogP contribution in [0.2, 0.25) is 0 Å². The minimum absolute atomic E-state index is 0.0167. The average Bonchev–Trinajstić information content (AvgIpc) is 2.98.